The van der Waals surface area contributed by atoms with Crippen LogP contribution >= 0.6 is 0 Å². The van der Waals surface area contributed by atoms with Crippen LogP contribution < -0.4 is 5.32 Å². The number of carbonyl (C=O) groups is 1. The Morgan fingerprint density at radius 2 is 2.15 bits per heavy atom. The number of nitrogens with zero attached hydrogens (tertiary/aromatic N) is 3. The molecule has 2 fully saturated rings. The molecule has 2 aromatic rings. The summed E-state index contributed by atoms with van der Waals surface area (Å²) in [6, 6.07) is 3.87. The highest BCUT2D eigenvalue weighted by Gasteiger charge is 2.45. The van der Waals surface area contributed by atoms with Gasteiger partial charge in [-0.25, -0.2) is 9.97 Å². The van der Waals surface area contributed by atoms with Crippen molar-refractivity contribution in [1.82, 2.24) is 14.9 Å². The molecule has 0 aromatic carbocycles. The van der Waals surface area contributed by atoms with Crippen LogP contribution in [0.25, 0.3) is 0 Å². The molecule has 2 aliphatic heterocycles. The minimum atomic E-state index is -0.285. The first-order chi connectivity index (χ1) is 12.5. The summed E-state index contributed by atoms with van der Waals surface area (Å²) in [4.78, 5) is 23.2. The summed E-state index contributed by atoms with van der Waals surface area (Å²) in [6.07, 6.45) is 6.07. The second-order valence-corrected chi connectivity index (χ2v) is 7.24. The molecular formula is C19H24N4O3. The lowest BCUT2D eigenvalue weighted by Crippen LogP contribution is -2.47. The molecule has 2 aliphatic rings. The summed E-state index contributed by atoms with van der Waals surface area (Å²) in [5.41, 5.74) is 0.371. The van der Waals surface area contributed by atoms with Crippen LogP contribution in [0, 0.1) is 13.8 Å². The quantitative estimate of drug-likeness (QED) is 0.910. The van der Waals surface area contributed by atoms with Gasteiger partial charge in [-0.2, -0.15) is 0 Å². The maximum atomic E-state index is 12.9. The van der Waals surface area contributed by atoms with E-state index in [9.17, 15) is 4.79 Å². The minimum absolute atomic E-state index is 0.0290. The predicted molar refractivity (Wildman–Crippen MR) is 96.1 cm³/mol. The van der Waals surface area contributed by atoms with E-state index in [2.05, 4.69) is 15.3 Å². The van der Waals surface area contributed by atoms with Gasteiger partial charge in [0.15, 0.2) is 0 Å². The number of hydrogen-bond donors (Lipinski definition) is 1. The summed E-state index contributed by atoms with van der Waals surface area (Å²) in [5, 5.41) is 3.40. The number of aromatic nitrogens is 2. The Balaban J connectivity index is 1.43. The molecule has 1 N–H and O–H groups in total. The van der Waals surface area contributed by atoms with Gasteiger partial charge >= 0.3 is 0 Å². The van der Waals surface area contributed by atoms with Crippen LogP contribution in [0.4, 0.5) is 5.95 Å². The van der Waals surface area contributed by atoms with Crippen molar-refractivity contribution in [2.75, 3.05) is 25.0 Å². The number of rotatable bonds is 3. The Morgan fingerprint density at radius 1 is 1.35 bits per heavy atom. The molecule has 2 saturated heterocycles. The van der Waals surface area contributed by atoms with Crippen LogP contribution in [0.15, 0.2) is 28.9 Å². The highest BCUT2D eigenvalue weighted by molar-refractivity contribution is 5.95. The van der Waals surface area contributed by atoms with Crippen molar-refractivity contribution in [2.45, 2.75) is 44.8 Å². The van der Waals surface area contributed by atoms with Gasteiger partial charge in [0, 0.05) is 31.6 Å². The van der Waals surface area contributed by atoms with Crippen LogP contribution in [-0.4, -0.2) is 52.1 Å². The van der Waals surface area contributed by atoms with Crippen molar-refractivity contribution < 1.29 is 13.9 Å². The number of nitrogens with one attached hydrogen (secondary N) is 1. The van der Waals surface area contributed by atoms with E-state index in [1.54, 1.807) is 18.5 Å². The summed E-state index contributed by atoms with van der Waals surface area (Å²) in [7, 11) is 0. The van der Waals surface area contributed by atoms with Gasteiger partial charge in [-0.3, -0.25) is 4.79 Å². The molecule has 4 rings (SSSR count). The maximum absolute atomic E-state index is 12.9. The fourth-order valence-corrected chi connectivity index (χ4v) is 4.02. The molecule has 0 unspecified atom stereocenters. The van der Waals surface area contributed by atoms with Crippen LogP contribution in [-0.2, 0) is 4.74 Å². The first-order valence-corrected chi connectivity index (χ1v) is 9.08. The largest absolute Gasteiger partial charge is 0.466 e. The molecule has 1 amide bonds. The van der Waals surface area contributed by atoms with E-state index in [0.29, 0.717) is 37.0 Å². The Kier molecular flexibility index (Phi) is 4.40. The third-order valence-corrected chi connectivity index (χ3v) is 5.27. The molecule has 0 aliphatic carbocycles. The minimum Gasteiger partial charge on any atom is -0.466 e. The van der Waals surface area contributed by atoms with E-state index >= 15 is 0 Å². The molecule has 7 nitrogen and oxygen atoms in total. The molecule has 2 aromatic heterocycles. The van der Waals surface area contributed by atoms with E-state index in [0.717, 1.165) is 25.0 Å². The van der Waals surface area contributed by atoms with Crippen LogP contribution in [0.5, 0.6) is 0 Å². The number of likely N-dealkylation sites (tertiary alicyclic amines) is 1. The lowest BCUT2D eigenvalue weighted by Gasteiger charge is -2.38. The van der Waals surface area contributed by atoms with Crippen LogP contribution in [0.2, 0.25) is 0 Å². The zero-order valence-electron chi connectivity index (χ0n) is 15.2. The third kappa shape index (κ3) is 3.31. The summed E-state index contributed by atoms with van der Waals surface area (Å²) in [6.45, 7) is 5.70. The highest BCUT2D eigenvalue weighted by atomic mass is 16.5. The van der Waals surface area contributed by atoms with Gasteiger partial charge < -0.3 is 19.4 Å². The lowest BCUT2D eigenvalue weighted by molar-refractivity contribution is -0.0721. The molecular weight excluding hydrogens is 332 g/mol. The van der Waals surface area contributed by atoms with Gasteiger partial charge in [0.1, 0.15) is 11.5 Å². The number of anilines is 1. The van der Waals surface area contributed by atoms with Crippen molar-refractivity contribution in [3.63, 3.8) is 0 Å². The molecule has 0 radical (unpaired) electrons. The Morgan fingerprint density at radius 3 is 2.88 bits per heavy atom. The van der Waals surface area contributed by atoms with Crippen LogP contribution in [0.1, 0.15) is 41.1 Å². The number of amides is 1. The SMILES string of the molecule is Cc1cc(C(=O)N2CC[C@]3(C[C@H](Nc4ncccn4)CCO3)C2)c(C)o1. The number of aryl methyl sites for hydroxylation is 2. The highest BCUT2D eigenvalue weighted by Crippen LogP contribution is 2.36. The second-order valence-electron chi connectivity index (χ2n) is 7.24. The molecule has 0 saturated carbocycles. The average molecular weight is 356 g/mol. The number of hydrogen-bond acceptors (Lipinski definition) is 6. The number of carbonyl (C=O) groups excluding carboxylic acids is 1. The fourth-order valence-electron chi connectivity index (χ4n) is 4.02. The second kappa shape index (κ2) is 6.72. The van der Waals surface area contributed by atoms with Gasteiger partial charge in [-0.15, -0.1) is 0 Å². The monoisotopic (exact) mass is 356 g/mol. The van der Waals surface area contributed by atoms with Gasteiger partial charge in [0.05, 0.1) is 17.7 Å². The Bertz CT molecular complexity index is 791. The molecule has 138 valence electrons. The first-order valence-electron chi connectivity index (χ1n) is 9.08. The summed E-state index contributed by atoms with van der Waals surface area (Å²) < 4.78 is 11.7. The summed E-state index contributed by atoms with van der Waals surface area (Å²) in [5.74, 6) is 2.12. The molecule has 26 heavy (non-hydrogen) atoms. The Hall–Kier alpha value is -2.41. The standard InChI is InChI=1S/C19H24N4O3/c1-13-10-16(14(2)26-13)17(24)23-8-5-19(12-23)11-15(4-9-25-19)22-18-20-6-3-7-21-18/h3,6-7,10,15H,4-5,8-9,11-12H2,1-2H3,(H,20,21,22)/t15-,19+/m1/s1. The van der Waals surface area contributed by atoms with Gasteiger partial charge in [0.25, 0.3) is 5.91 Å². The molecule has 1 spiro atoms. The zero-order valence-corrected chi connectivity index (χ0v) is 15.2. The summed E-state index contributed by atoms with van der Waals surface area (Å²) >= 11 is 0. The number of furan rings is 1. The average Bonchev–Trinajstić information content (AvgIpc) is 3.18. The van der Waals surface area contributed by atoms with E-state index < -0.39 is 0 Å². The topological polar surface area (TPSA) is 80.5 Å². The van der Waals surface area contributed by atoms with Gasteiger partial charge in [0.2, 0.25) is 5.95 Å². The normalized spacial score (nSPS) is 25.6. The fraction of sp³-hybridized carbons (Fsp3) is 0.526. The van der Waals surface area contributed by atoms with E-state index in [4.69, 9.17) is 9.15 Å². The lowest BCUT2D eigenvalue weighted by atomic mass is 9.89. The van der Waals surface area contributed by atoms with Gasteiger partial charge in [-0.1, -0.05) is 0 Å². The van der Waals surface area contributed by atoms with E-state index in [-0.39, 0.29) is 17.6 Å². The van der Waals surface area contributed by atoms with Gasteiger partial charge in [-0.05, 0) is 45.2 Å². The number of ether oxygens (including phenoxy) is 1. The van der Waals surface area contributed by atoms with Crippen molar-refractivity contribution in [3.8, 4) is 0 Å². The molecule has 4 heterocycles. The molecule has 0 bridgehead atoms. The predicted octanol–water partition coefficient (Wildman–Crippen LogP) is 2.56. The molecule has 7 heteroatoms. The first kappa shape index (κ1) is 17.0. The smallest absolute Gasteiger partial charge is 0.257 e. The Labute approximate surface area is 152 Å². The van der Waals surface area contributed by atoms with Crippen molar-refractivity contribution >= 4 is 11.9 Å². The van der Waals surface area contributed by atoms with E-state index in [1.165, 1.54) is 0 Å². The van der Waals surface area contributed by atoms with Crippen molar-refractivity contribution in [1.29, 1.82) is 0 Å². The molecule has 2 atom stereocenters. The zero-order chi connectivity index (χ0) is 18.1. The maximum Gasteiger partial charge on any atom is 0.257 e. The third-order valence-electron chi connectivity index (χ3n) is 5.27. The van der Waals surface area contributed by atoms with Crippen molar-refractivity contribution in [3.05, 3.63) is 41.6 Å². The van der Waals surface area contributed by atoms with Crippen LogP contribution in [0.3, 0.4) is 0 Å². The van der Waals surface area contributed by atoms with Crippen molar-refractivity contribution in [2.24, 2.45) is 0 Å². The van der Waals surface area contributed by atoms with E-state index in [1.807, 2.05) is 24.8 Å².